The van der Waals surface area contributed by atoms with Crippen LogP contribution in [0.15, 0.2) is 36.4 Å². The predicted molar refractivity (Wildman–Crippen MR) is 77.8 cm³/mol. The highest BCUT2D eigenvalue weighted by Gasteiger charge is 2.19. The van der Waals surface area contributed by atoms with Crippen LogP contribution in [0.2, 0.25) is 0 Å². The summed E-state index contributed by atoms with van der Waals surface area (Å²) in [5, 5.41) is 13.1. The summed E-state index contributed by atoms with van der Waals surface area (Å²) in [7, 11) is 0. The van der Waals surface area contributed by atoms with Crippen molar-refractivity contribution in [3.8, 4) is 22.8 Å². The highest BCUT2D eigenvalue weighted by Crippen LogP contribution is 2.26. The molecule has 0 aliphatic heterocycles. The minimum absolute atomic E-state index is 0.000255. The molecule has 0 spiro atoms. The predicted octanol–water partition coefficient (Wildman–Crippen LogP) is 3.16. The van der Waals surface area contributed by atoms with Gasteiger partial charge in [0.05, 0.1) is 24.3 Å². The maximum absolute atomic E-state index is 14.0. The van der Waals surface area contributed by atoms with Crippen molar-refractivity contribution in [3.05, 3.63) is 59.7 Å². The lowest BCUT2D eigenvalue weighted by Gasteiger charge is -2.04. The van der Waals surface area contributed by atoms with Gasteiger partial charge >= 0.3 is 0 Å². The number of aliphatic hydroxyl groups is 1. The Kier molecular flexibility index (Phi) is 4.30. The van der Waals surface area contributed by atoms with E-state index in [0.717, 1.165) is 18.2 Å². The normalized spacial score (nSPS) is 11.0. The molecule has 0 fully saturated rings. The molecule has 0 bridgehead atoms. The third-order valence-electron chi connectivity index (χ3n) is 3.33. The van der Waals surface area contributed by atoms with Gasteiger partial charge in [0.1, 0.15) is 23.3 Å². The molecule has 1 N–H and O–H groups in total. The van der Waals surface area contributed by atoms with Crippen molar-refractivity contribution in [2.24, 2.45) is 0 Å². The summed E-state index contributed by atoms with van der Waals surface area (Å²) < 4.78 is 55.1. The molecule has 4 nitrogen and oxygen atoms in total. The minimum Gasteiger partial charge on any atom is -0.394 e. The molecule has 0 aliphatic carbocycles. The first-order valence-corrected chi connectivity index (χ1v) is 6.96. The number of aromatic nitrogens is 3. The Morgan fingerprint density at radius 1 is 0.875 bits per heavy atom. The van der Waals surface area contributed by atoms with Crippen LogP contribution in [0.1, 0.15) is 0 Å². The van der Waals surface area contributed by atoms with Crippen LogP contribution in [0.4, 0.5) is 17.6 Å². The molecular weight excluding hydrogens is 326 g/mol. The summed E-state index contributed by atoms with van der Waals surface area (Å²) in [4.78, 5) is 4.07. The first-order valence-electron chi connectivity index (χ1n) is 6.96. The molecule has 3 aromatic rings. The molecular formula is C16H11F4N3O. The van der Waals surface area contributed by atoms with Crippen LogP contribution < -0.4 is 0 Å². The van der Waals surface area contributed by atoms with E-state index in [2.05, 4.69) is 10.1 Å². The number of benzene rings is 2. The van der Waals surface area contributed by atoms with E-state index in [4.69, 9.17) is 5.11 Å². The Hall–Kier alpha value is -2.74. The number of rotatable bonds is 4. The lowest BCUT2D eigenvalue weighted by Crippen LogP contribution is -2.07. The van der Waals surface area contributed by atoms with Gasteiger partial charge in [-0.2, -0.15) is 5.10 Å². The Morgan fingerprint density at radius 3 is 2.00 bits per heavy atom. The fourth-order valence-electron chi connectivity index (χ4n) is 2.25. The summed E-state index contributed by atoms with van der Waals surface area (Å²) in [6.07, 6.45) is 0. The second kappa shape index (κ2) is 6.40. The van der Waals surface area contributed by atoms with Crippen LogP contribution in [-0.2, 0) is 6.54 Å². The van der Waals surface area contributed by atoms with E-state index in [0.29, 0.717) is 12.1 Å². The van der Waals surface area contributed by atoms with Gasteiger partial charge in [-0.1, -0.05) is 0 Å². The molecule has 0 atom stereocenters. The highest BCUT2D eigenvalue weighted by molar-refractivity contribution is 5.62. The van der Waals surface area contributed by atoms with Crippen molar-refractivity contribution in [1.82, 2.24) is 14.8 Å². The third kappa shape index (κ3) is 3.00. The number of hydrogen-bond donors (Lipinski definition) is 1. The van der Waals surface area contributed by atoms with E-state index in [1.165, 1.54) is 10.7 Å². The Morgan fingerprint density at radius 2 is 1.46 bits per heavy atom. The average Bonchev–Trinajstić information content (AvgIpc) is 2.91. The zero-order valence-corrected chi connectivity index (χ0v) is 12.2. The summed E-state index contributed by atoms with van der Waals surface area (Å²) in [5.74, 6) is -3.35. The molecule has 0 aliphatic rings. The first-order chi connectivity index (χ1) is 11.5. The monoisotopic (exact) mass is 337 g/mol. The molecule has 2 aromatic carbocycles. The molecule has 3 rings (SSSR count). The summed E-state index contributed by atoms with van der Waals surface area (Å²) in [6, 6.07) is 5.80. The lowest BCUT2D eigenvalue weighted by molar-refractivity contribution is 0.270. The Balaban J connectivity index is 2.14. The fourth-order valence-corrected chi connectivity index (χ4v) is 2.25. The molecule has 0 unspecified atom stereocenters. The topological polar surface area (TPSA) is 50.9 Å². The second-order valence-electron chi connectivity index (χ2n) is 4.95. The number of halogens is 4. The standard InChI is InChI=1S/C16H11F4N3O/c17-9-1-3-11(13(19)7-9)15-21-16(23(22-15)5-6-24)12-4-2-10(18)8-14(12)20/h1-4,7-8,24H,5-6H2. The van der Waals surface area contributed by atoms with Crippen molar-refractivity contribution < 1.29 is 22.7 Å². The average molecular weight is 337 g/mol. The van der Waals surface area contributed by atoms with E-state index < -0.39 is 23.3 Å². The van der Waals surface area contributed by atoms with Crippen molar-refractivity contribution in [2.75, 3.05) is 6.61 Å². The SMILES string of the molecule is OCCn1nc(-c2ccc(F)cc2F)nc1-c1ccc(F)cc1F. The lowest BCUT2D eigenvalue weighted by atomic mass is 10.2. The van der Waals surface area contributed by atoms with Crippen LogP contribution in [0.25, 0.3) is 22.8 Å². The molecule has 0 saturated carbocycles. The third-order valence-corrected chi connectivity index (χ3v) is 3.33. The van der Waals surface area contributed by atoms with Gasteiger partial charge in [0.15, 0.2) is 11.6 Å². The molecule has 0 amide bonds. The van der Waals surface area contributed by atoms with Gasteiger partial charge < -0.3 is 5.11 Å². The van der Waals surface area contributed by atoms with Gasteiger partial charge in [0, 0.05) is 12.1 Å². The van der Waals surface area contributed by atoms with Crippen molar-refractivity contribution in [3.63, 3.8) is 0 Å². The molecule has 124 valence electrons. The summed E-state index contributed by atoms with van der Waals surface area (Å²) >= 11 is 0. The van der Waals surface area contributed by atoms with Crippen LogP contribution >= 0.6 is 0 Å². The highest BCUT2D eigenvalue weighted by atomic mass is 19.1. The van der Waals surface area contributed by atoms with Crippen molar-refractivity contribution in [1.29, 1.82) is 0 Å². The zero-order valence-electron chi connectivity index (χ0n) is 12.2. The van der Waals surface area contributed by atoms with E-state index >= 15 is 0 Å². The number of nitrogens with zero attached hydrogens (tertiary/aromatic N) is 3. The molecule has 24 heavy (non-hydrogen) atoms. The van der Waals surface area contributed by atoms with Gasteiger partial charge in [-0.05, 0) is 24.3 Å². The summed E-state index contributed by atoms with van der Waals surface area (Å²) in [6.45, 7) is -0.341. The van der Waals surface area contributed by atoms with Gasteiger partial charge in [0.2, 0.25) is 0 Å². The summed E-state index contributed by atoms with van der Waals surface area (Å²) in [5.41, 5.74) is -0.122. The molecule has 0 saturated heterocycles. The molecule has 1 aromatic heterocycles. The quantitative estimate of drug-likeness (QED) is 0.744. The Labute approximate surface area is 134 Å². The molecule has 1 heterocycles. The number of hydrogen-bond acceptors (Lipinski definition) is 3. The van der Waals surface area contributed by atoms with Crippen LogP contribution in [-0.4, -0.2) is 26.5 Å². The first kappa shape index (κ1) is 16.1. The van der Waals surface area contributed by atoms with E-state index in [-0.39, 0.29) is 35.9 Å². The fraction of sp³-hybridized carbons (Fsp3) is 0.125. The molecule has 8 heteroatoms. The largest absolute Gasteiger partial charge is 0.394 e. The Bertz CT molecular complexity index is 895. The van der Waals surface area contributed by atoms with E-state index in [1.807, 2.05) is 0 Å². The van der Waals surface area contributed by atoms with Crippen LogP contribution in [0.3, 0.4) is 0 Å². The van der Waals surface area contributed by atoms with Crippen LogP contribution in [0, 0.1) is 23.3 Å². The maximum atomic E-state index is 14.0. The van der Waals surface area contributed by atoms with Crippen molar-refractivity contribution in [2.45, 2.75) is 6.54 Å². The van der Waals surface area contributed by atoms with Gasteiger partial charge in [-0.3, -0.25) is 0 Å². The smallest absolute Gasteiger partial charge is 0.184 e. The van der Waals surface area contributed by atoms with Crippen molar-refractivity contribution >= 4 is 0 Å². The van der Waals surface area contributed by atoms with Gasteiger partial charge in [-0.25, -0.2) is 27.2 Å². The van der Waals surface area contributed by atoms with E-state index in [1.54, 1.807) is 0 Å². The maximum Gasteiger partial charge on any atom is 0.184 e. The number of aliphatic hydroxyl groups excluding tert-OH is 1. The van der Waals surface area contributed by atoms with E-state index in [9.17, 15) is 17.6 Å². The van der Waals surface area contributed by atoms with Gasteiger partial charge in [0.25, 0.3) is 0 Å². The molecule has 0 radical (unpaired) electrons. The van der Waals surface area contributed by atoms with Crippen LogP contribution in [0.5, 0.6) is 0 Å². The van der Waals surface area contributed by atoms with Gasteiger partial charge in [-0.15, -0.1) is 0 Å². The zero-order chi connectivity index (χ0) is 17.3. The second-order valence-corrected chi connectivity index (χ2v) is 4.95. The minimum atomic E-state index is -0.873.